The molecule has 16 nitrogen and oxygen atoms in total. The number of ether oxygens (including phenoxy) is 5. The second-order valence-corrected chi connectivity index (χ2v) is 16.4. The van der Waals surface area contributed by atoms with Crippen molar-refractivity contribution in [3.63, 3.8) is 0 Å². The largest absolute Gasteiger partial charge is 0.462 e. The Morgan fingerprint density at radius 1 is 0.933 bits per heavy atom. The number of hydrogen-bond acceptors (Lipinski definition) is 14. The van der Waals surface area contributed by atoms with E-state index in [2.05, 4.69) is 10.6 Å². The standard InChI is InChI=1S/C44H47N3O13/c1-25(49)32(38(51)45-20-21-48)46-41(54)43-22-30-33-34(59-44(58-33,28-10-6-4-7-11-28)29-12-8-5-9-13-29)36(43)60-47(35(43)39(52)56-30)23-27-16-14-26(15-17-27)18-19-31(50)57-37-40(53)55-24-42(37,2)3/h4-19,25,30,32-37,48-49H,20-24H2,1-3H3,(H,45,51)(H,46,54). The van der Waals surface area contributed by atoms with Crippen molar-refractivity contribution in [3.8, 4) is 0 Å². The van der Waals surface area contributed by atoms with E-state index in [4.69, 9.17) is 28.5 Å². The number of rotatable bonds is 13. The zero-order valence-electron chi connectivity index (χ0n) is 33.2. The molecular weight excluding hydrogens is 778 g/mol. The van der Waals surface area contributed by atoms with E-state index >= 15 is 0 Å². The van der Waals surface area contributed by atoms with E-state index in [-0.39, 0.29) is 32.7 Å². The van der Waals surface area contributed by atoms with Crippen LogP contribution in [-0.2, 0) is 64.8 Å². The maximum absolute atomic E-state index is 14.9. The Morgan fingerprint density at radius 3 is 2.18 bits per heavy atom. The van der Waals surface area contributed by atoms with Gasteiger partial charge in [0, 0.05) is 35.6 Å². The van der Waals surface area contributed by atoms with Crippen LogP contribution in [0.3, 0.4) is 0 Å². The zero-order valence-corrected chi connectivity index (χ0v) is 33.2. The molecule has 16 heteroatoms. The van der Waals surface area contributed by atoms with E-state index in [1.54, 1.807) is 38.1 Å². The molecule has 4 saturated heterocycles. The third kappa shape index (κ3) is 7.26. The first kappa shape index (κ1) is 41.3. The van der Waals surface area contributed by atoms with Gasteiger partial charge < -0.3 is 44.5 Å². The monoisotopic (exact) mass is 825 g/mol. The van der Waals surface area contributed by atoms with Gasteiger partial charge in [-0.3, -0.25) is 19.2 Å². The Labute approximate surface area is 345 Å². The van der Waals surface area contributed by atoms with Gasteiger partial charge in [0.15, 0.2) is 6.04 Å². The predicted octanol–water partition coefficient (Wildman–Crippen LogP) is 1.65. The Balaban J connectivity index is 1.11. The van der Waals surface area contributed by atoms with Crippen molar-refractivity contribution < 1.29 is 62.7 Å². The van der Waals surface area contributed by atoms with Gasteiger partial charge in [-0.15, -0.1) is 0 Å². The number of hydroxylamine groups is 2. The highest BCUT2D eigenvalue weighted by Crippen LogP contribution is 2.59. The summed E-state index contributed by atoms with van der Waals surface area (Å²) < 4.78 is 30.4. The highest BCUT2D eigenvalue weighted by molar-refractivity contribution is 5.96. The van der Waals surface area contributed by atoms with Gasteiger partial charge in [-0.2, -0.15) is 5.06 Å². The molecule has 4 heterocycles. The van der Waals surface area contributed by atoms with Crippen LogP contribution in [0.1, 0.15) is 49.4 Å². The van der Waals surface area contributed by atoms with Crippen LogP contribution in [0.25, 0.3) is 6.08 Å². The van der Waals surface area contributed by atoms with Crippen LogP contribution in [-0.4, -0.2) is 113 Å². The van der Waals surface area contributed by atoms with E-state index < -0.39 is 95.0 Å². The maximum Gasteiger partial charge on any atom is 0.348 e. The summed E-state index contributed by atoms with van der Waals surface area (Å²) in [5.41, 5.74) is 0.291. The molecule has 2 bridgehead atoms. The Kier molecular flexibility index (Phi) is 11.1. The number of hydrogen-bond donors (Lipinski definition) is 4. The van der Waals surface area contributed by atoms with Crippen molar-refractivity contribution in [1.82, 2.24) is 15.7 Å². The van der Waals surface area contributed by atoms with Gasteiger partial charge in [-0.25, -0.2) is 9.59 Å². The van der Waals surface area contributed by atoms with Gasteiger partial charge in [-0.05, 0) is 24.1 Å². The summed E-state index contributed by atoms with van der Waals surface area (Å²) in [5, 5.41) is 26.6. The molecule has 0 spiro atoms. The fourth-order valence-corrected chi connectivity index (χ4v) is 8.83. The first-order chi connectivity index (χ1) is 28.8. The molecule has 0 radical (unpaired) electrons. The lowest BCUT2D eigenvalue weighted by Gasteiger charge is -2.49. The minimum atomic E-state index is -1.69. The van der Waals surface area contributed by atoms with Crippen molar-refractivity contribution in [2.24, 2.45) is 10.8 Å². The number of nitrogens with one attached hydrogen (secondary N) is 2. The number of carbonyl (C=O) groups is 5. The molecule has 5 aliphatic rings. The van der Waals surface area contributed by atoms with Crippen LogP contribution in [0.5, 0.6) is 0 Å². The molecule has 1 aliphatic carbocycles. The van der Waals surface area contributed by atoms with Crippen molar-refractivity contribution >= 4 is 35.8 Å². The number of benzene rings is 3. The van der Waals surface area contributed by atoms with Crippen LogP contribution < -0.4 is 10.6 Å². The molecule has 9 unspecified atom stereocenters. The van der Waals surface area contributed by atoms with Gasteiger partial charge in [0.05, 0.1) is 19.3 Å². The molecule has 2 amide bonds. The SMILES string of the molecule is CC(O)C(NC(=O)C12CC3OC(=O)C1N(Cc1ccc(C=CC(=O)OC4C(=O)OCC4(C)C)cc1)OC2C1OC(c2ccccc2)(c2ccccc2)OC31)C(=O)NCCO. The van der Waals surface area contributed by atoms with Crippen LogP contribution in [0, 0.1) is 10.8 Å². The fourth-order valence-electron chi connectivity index (χ4n) is 8.83. The van der Waals surface area contributed by atoms with Gasteiger partial charge in [0.1, 0.15) is 42.5 Å². The van der Waals surface area contributed by atoms with Crippen LogP contribution in [0.2, 0.25) is 0 Å². The lowest BCUT2D eigenvalue weighted by molar-refractivity contribution is -0.213. The number of nitrogens with zero attached hydrogens (tertiary/aromatic N) is 1. The van der Waals surface area contributed by atoms with Gasteiger partial charge >= 0.3 is 17.9 Å². The third-order valence-corrected chi connectivity index (χ3v) is 11.8. The van der Waals surface area contributed by atoms with E-state index in [0.29, 0.717) is 22.3 Å². The van der Waals surface area contributed by atoms with E-state index in [9.17, 15) is 34.2 Å². The molecule has 60 heavy (non-hydrogen) atoms. The molecule has 5 fully saturated rings. The topological polar surface area (TPSA) is 208 Å². The summed E-state index contributed by atoms with van der Waals surface area (Å²) in [7, 11) is 0. The van der Waals surface area contributed by atoms with Crippen LogP contribution in [0.15, 0.2) is 91.0 Å². The first-order valence-electron chi connectivity index (χ1n) is 19.9. The highest BCUT2D eigenvalue weighted by atomic mass is 16.8. The number of cyclic esters (lactones) is 1. The number of aliphatic hydroxyl groups is 2. The molecule has 3 aromatic rings. The first-order valence-corrected chi connectivity index (χ1v) is 19.9. The Hall–Kier alpha value is -5.49. The van der Waals surface area contributed by atoms with Crippen molar-refractivity contribution in [2.45, 2.75) is 88.2 Å². The average Bonchev–Trinajstić information content (AvgIpc) is 3.90. The number of aliphatic hydroxyl groups excluding tert-OH is 2. The fraction of sp³-hybridized carbons (Fsp3) is 0.432. The lowest BCUT2D eigenvalue weighted by Crippen LogP contribution is -2.71. The van der Waals surface area contributed by atoms with Crippen LogP contribution in [0.4, 0.5) is 0 Å². The predicted molar refractivity (Wildman–Crippen MR) is 208 cm³/mol. The number of carbonyl (C=O) groups excluding carboxylic acids is 5. The zero-order chi connectivity index (χ0) is 42.4. The molecule has 8 rings (SSSR count). The quantitative estimate of drug-likeness (QED) is 0.110. The second-order valence-electron chi connectivity index (χ2n) is 16.4. The number of fused-ring (bicyclic) bond motifs is 4. The van der Waals surface area contributed by atoms with E-state index in [0.717, 1.165) is 0 Å². The highest BCUT2D eigenvalue weighted by Gasteiger charge is 2.76. The molecule has 3 aromatic carbocycles. The van der Waals surface area contributed by atoms with Crippen molar-refractivity contribution in [2.75, 3.05) is 19.8 Å². The Morgan fingerprint density at radius 2 is 1.58 bits per heavy atom. The van der Waals surface area contributed by atoms with E-state index in [1.807, 2.05) is 60.7 Å². The third-order valence-electron chi connectivity index (χ3n) is 11.8. The number of amides is 2. The van der Waals surface area contributed by atoms with E-state index in [1.165, 1.54) is 24.1 Å². The second kappa shape index (κ2) is 16.2. The van der Waals surface area contributed by atoms with Gasteiger partial charge in [0.2, 0.25) is 23.7 Å². The minimum Gasteiger partial charge on any atom is -0.462 e. The summed E-state index contributed by atoms with van der Waals surface area (Å²) in [4.78, 5) is 73.8. The van der Waals surface area contributed by atoms with Gasteiger partial charge in [0.25, 0.3) is 0 Å². The molecule has 0 aromatic heterocycles. The molecule has 316 valence electrons. The average molecular weight is 826 g/mol. The molecule has 4 aliphatic heterocycles. The molecule has 1 saturated carbocycles. The molecular formula is C44H47N3O13. The smallest absolute Gasteiger partial charge is 0.348 e. The summed E-state index contributed by atoms with van der Waals surface area (Å²) in [6.45, 7) is 4.58. The lowest BCUT2D eigenvalue weighted by atomic mass is 9.62. The normalized spacial score (nSPS) is 29.6. The molecule has 9 atom stereocenters. The van der Waals surface area contributed by atoms with Crippen LogP contribution >= 0.6 is 0 Å². The molecule has 4 N–H and O–H groups in total. The minimum absolute atomic E-state index is 0.00154. The van der Waals surface area contributed by atoms with Crippen molar-refractivity contribution in [1.29, 1.82) is 0 Å². The summed E-state index contributed by atoms with van der Waals surface area (Å²) in [6, 6.07) is 22.8. The summed E-state index contributed by atoms with van der Waals surface area (Å²) in [6.07, 6.45) is -3.63. The number of esters is 3. The summed E-state index contributed by atoms with van der Waals surface area (Å²) in [5.74, 6) is -4.97. The van der Waals surface area contributed by atoms with Crippen molar-refractivity contribution in [3.05, 3.63) is 113 Å². The Bertz CT molecular complexity index is 2110. The summed E-state index contributed by atoms with van der Waals surface area (Å²) >= 11 is 0. The maximum atomic E-state index is 14.9. The van der Waals surface area contributed by atoms with Gasteiger partial charge in [-0.1, -0.05) is 98.8 Å².